The Bertz CT molecular complexity index is 1320. The number of alkyl carbamates (subject to hydrolysis) is 1. The number of nitrogens with one attached hydrogen (secondary N) is 2. The molecule has 1 aromatic heterocycles. The van der Waals surface area contributed by atoms with E-state index in [0.717, 1.165) is 33.2 Å². The van der Waals surface area contributed by atoms with E-state index in [1.54, 1.807) is 12.3 Å². The lowest BCUT2D eigenvalue weighted by molar-refractivity contribution is -0.139. The second-order valence-corrected chi connectivity index (χ2v) is 8.45. The van der Waals surface area contributed by atoms with Gasteiger partial charge in [-0.15, -0.1) is 0 Å². The van der Waals surface area contributed by atoms with Gasteiger partial charge in [-0.2, -0.15) is 0 Å². The summed E-state index contributed by atoms with van der Waals surface area (Å²) in [5, 5.41) is 13.5. The van der Waals surface area contributed by atoms with E-state index in [-0.39, 0.29) is 18.9 Å². The molecule has 1 aliphatic carbocycles. The molecule has 1 heterocycles. The molecule has 0 radical (unpaired) electrons. The number of aliphatic carboxylic acids is 1. The molecule has 6 nitrogen and oxygen atoms in total. The highest BCUT2D eigenvalue weighted by Gasteiger charge is 2.30. The number of ether oxygens (including phenoxy) is 1. The Morgan fingerprint density at radius 2 is 1.67 bits per heavy atom. The summed E-state index contributed by atoms with van der Waals surface area (Å²) in [6, 6.07) is 20.3. The maximum Gasteiger partial charge on any atom is 0.407 e. The summed E-state index contributed by atoms with van der Waals surface area (Å²) < 4.78 is 5.50. The standard InChI is InChI=1S/C26H21ClN2O4/c27-21-10-5-11-22-24(21)15(13-28-22)12-23(25(30)31)29-26(32)33-14-20-18-8-3-1-6-16(18)17-7-2-4-9-19(17)20/h1-11,13,20,23,28H,12,14H2,(H,29,32)(H,30,31)/t23-/m1/s1. The number of aromatic nitrogens is 1. The largest absolute Gasteiger partial charge is 0.480 e. The lowest BCUT2D eigenvalue weighted by Gasteiger charge is -2.17. The van der Waals surface area contributed by atoms with E-state index in [1.165, 1.54) is 0 Å². The van der Waals surface area contributed by atoms with Crippen molar-refractivity contribution in [3.05, 3.63) is 94.6 Å². The lowest BCUT2D eigenvalue weighted by Crippen LogP contribution is -2.42. The van der Waals surface area contributed by atoms with Gasteiger partial charge in [0.15, 0.2) is 0 Å². The van der Waals surface area contributed by atoms with E-state index in [4.69, 9.17) is 16.3 Å². The minimum Gasteiger partial charge on any atom is -0.480 e. The van der Waals surface area contributed by atoms with Crippen LogP contribution in [0.15, 0.2) is 72.9 Å². The van der Waals surface area contributed by atoms with Crippen molar-refractivity contribution in [2.45, 2.75) is 18.4 Å². The first-order valence-electron chi connectivity index (χ1n) is 10.6. The van der Waals surface area contributed by atoms with Crippen LogP contribution >= 0.6 is 11.6 Å². The molecule has 33 heavy (non-hydrogen) atoms. The van der Waals surface area contributed by atoms with E-state index in [2.05, 4.69) is 22.4 Å². The van der Waals surface area contributed by atoms with Gasteiger partial charge in [-0.3, -0.25) is 0 Å². The summed E-state index contributed by atoms with van der Waals surface area (Å²) in [6.07, 6.45) is 1.02. The van der Waals surface area contributed by atoms with Gasteiger partial charge < -0.3 is 20.1 Å². The number of halogens is 1. The van der Waals surface area contributed by atoms with E-state index in [1.807, 2.05) is 48.5 Å². The minimum atomic E-state index is -1.16. The van der Waals surface area contributed by atoms with Crippen LogP contribution in [-0.4, -0.2) is 34.8 Å². The number of aromatic amines is 1. The Kier molecular flexibility index (Phi) is 5.52. The summed E-state index contributed by atoms with van der Waals surface area (Å²) in [4.78, 5) is 27.5. The minimum absolute atomic E-state index is 0.0727. The second-order valence-electron chi connectivity index (χ2n) is 8.04. The van der Waals surface area contributed by atoms with Crippen LogP contribution in [0, 0.1) is 0 Å². The summed E-state index contributed by atoms with van der Waals surface area (Å²) in [5.74, 6) is -1.25. The molecule has 7 heteroatoms. The van der Waals surface area contributed by atoms with Crippen LogP contribution in [0.25, 0.3) is 22.0 Å². The number of fused-ring (bicyclic) bond motifs is 4. The quantitative estimate of drug-likeness (QED) is 0.361. The van der Waals surface area contributed by atoms with E-state index >= 15 is 0 Å². The molecule has 3 N–H and O–H groups in total. The molecule has 0 saturated carbocycles. The van der Waals surface area contributed by atoms with Crippen molar-refractivity contribution in [1.82, 2.24) is 10.3 Å². The van der Waals surface area contributed by atoms with Gasteiger partial charge in [-0.25, -0.2) is 9.59 Å². The van der Waals surface area contributed by atoms with Crippen molar-refractivity contribution in [3.8, 4) is 11.1 Å². The first-order chi connectivity index (χ1) is 16.0. The van der Waals surface area contributed by atoms with Gasteiger partial charge in [0.1, 0.15) is 12.6 Å². The average molecular weight is 461 g/mol. The Labute approximate surface area is 195 Å². The summed E-state index contributed by atoms with van der Waals surface area (Å²) >= 11 is 6.30. The van der Waals surface area contributed by atoms with Crippen LogP contribution in [0.3, 0.4) is 0 Å². The number of rotatable bonds is 6. The fourth-order valence-electron chi connectivity index (χ4n) is 4.57. The first-order valence-corrected chi connectivity index (χ1v) is 11.0. The van der Waals surface area contributed by atoms with Crippen LogP contribution in [0.5, 0.6) is 0 Å². The monoisotopic (exact) mass is 460 g/mol. The van der Waals surface area contributed by atoms with Crippen LogP contribution in [-0.2, 0) is 16.0 Å². The van der Waals surface area contributed by atoms with E-state index < -0.39 is 18.1 Å². The molecular formula is C26H21ClN2O4. The number of benzene rings is 3. The molecule has 1 aliphatic rings. The van der Waals surface area contributed by atoms with Gasteiger partial charge >= 0.3 is 12.1 Å². The predicted octanol–water partition coefficient (Wildman–Crippen LogP) is 5.36. The van der Waals surface area contributed by atoms with Crippen LogP contribution in [0.1, 0.15) is 22.6 Å². The van der Waals surface area contributed by atoms with Gasteiger partial charge in [0.05, 0.1) is 5.02 Å². The lowest BCUT2D eigenvalue weighted by atomic mass is 9.98. The SMILES string of the molecule is O=C(N[C@H](Cc1c[nH]c2cccc(Cl)c12)C(=O)O)OCC1c2ccccc2-c2ccccc21. The van der Waals surface area contributed by atoms with Gasteiger partial charge in [0, 0.05) is 29.4 Å². The van der Waals surface area contributed by atoms with Crippen LogP contribution < -0.4 is 5.32 Å². The van der Waals surface area contributed by atoms with Crippen molar-refractivity contribution < 1.29 is 19.4 Å². The predicted molar refractivity (Wildman–Crippen MR) is 127 cm³/mol. The normalized spacial score (nSPS) is 13.4. The number of hydrogen-bond acceptors (Lipinski definition) is 3. The Morgan fingerprint density at radius 1 is 1.00 bits per heavy atom. The highest BCUT2D eigenvalue weighted by molar-refractivity contribution is 6.35. The molecule has 0 fully saturated rings. The number of carboxylic acids is 1. The summed E-state index contributed by atoms with van der Waals surface area (Å²) in [7, 11) is 0. The third kappa shape index (κ3) is 3.94. The number of carbonyl (C=O) groups is 2. The van der Waals surface area contributed by atoms with Gasteiger partial charge in [0.2, 0.25) is 0 Å². The molecule has 5 rings (SSSR count). The van der Waals surface area contributed by atoms with Gasteiger partial charge in [0.25, 0.3) is 0 Å². The zero-order valence-corrected chi connectivity index (χ0v) is 18.3. The van der Waals surface area contributed by atoms with Crippen molar-refractivity contribution in [1.29, 1.82) is 0 Å². The highest BCUT2D eigenvalue weighted by atomic mass is 35.5. The summed E-state index contributed by atoms with van der Waals surface area (Å²) in [6.45, 7) is 0.116. The Balaban J connectivity index is 1.29. The average Bonchev–Trinajstić information content (AvgIpc) is 3.37. The molecular weight excluding hydrogens is 440 g/mol. The Hall–Kier alpha value is -3.77. The number of amides is 1. The molecule has 0 saturated heterocycles. The molecule has 166 valence electrons. The highest BCUT2D eigenvalue weighted by Crippen LogP contribution is 2.44. The third-order valence-corrected chi connectivity index (χ3v) is 6.41. The molecule has 0 bridgehead atoms. The van der Waals surface area contributed by atoms with Crippen molar-refractivity contribution in [2.75, 3.05) is 6.61 Å². The molecule has 1 atom stereocenters. The maximum atomic E-state index is 12.6. The topological polar surface area (TPSA) is 91.4 Å². The first kappa shape index (κ1) is 21.1. The zero-order chi connectivity index (χ0) is 22.9. The van der Waals surface area contributed by atoms with Crippen molar-refractivity contribution in [2.24, 2.45) is 0 Å². The number of H-pyrrole nitrogens is 1. The van der Waals surface area contributed by atoms with Crippen LogP contribution in [0.4, 0.5) is 4.79 Å². The molecule has 0 aliphatic heterocycles. The van der Waals surface area contributed by atoms with Crippen molar-refractivity contribution in [3.63, 3.8) is 0 Å². The molecule has 0 spiro atoms. The van der Waals surface area contributed by atoms with Gasteiger partial charge in [-0.05, 0) is 39.9 Å². The molecule has 1 amide bonds. The van der Waals surface area contributed by atoms with Gasteiger partial charge in [-0.1, -0.05) is 66.2 Å². The smallest absolute Gasteiger partial charge is 0.407 e. The second kappa shape index (κ2) is 8.64. The number of carboxylic acid groups (broad SMARTS) is 1. The van der Waals surface area contributed by atoms with E-state index in [0.29, 0.717) is 10.6 Å². The Morgan fingerprint density at radius 3 is 2.33 bits per heavy atom. The summed E-state index contributed by atoms with van der Waals surface area (Å²) in [5.41, 5.74) is 5.96. The third-order valence-electron chi connectivity index (χ3n) is 6.09. The van der Waals surface area contributed by atoms with Crippen molar-refractivity contribution >= 4 is 34.6 Å². The number of carbonyl (C=O) groups excluding carboxylic acids is 1. The zero-order valence-electron chi connectivity index (χ0n) is 17.5. The molecule has 0 unspecified atom stereocenters. The maximum absolute atomic E-state index is 12.6. The fraction of sp³-hybridized carbons (Fsp3) is 0.154. The molecule has 4 aromatic rings. The van der Waals surface area contributed by atoms with Crippen LogP contribution in [0.2, 0.25) is 5.02 Å². The molecule has 3 aromatic carbocycles. The van der Waals surface area contributed by atoms with E-state index in [9.17, 15) is 14.7 Å². The fourth-order valence-corrected chi connectivity index (χ4v) is 4.87. The number of hydrogen-bond donors (Lipinski definition) is 3.